The fraction of sp³-hybridized carbons (Fsp3) is 1.00. The molecule has 0 aliphatic carbocycles. The summed E-state index contributed by atoms with van der Waals surface area (Å²) < 4.78 is 32.7. The topological polar surface area (TPSA) is 98.8 Å². The average molecular weight is 255 g/mol. The van der Waals surface area contributed by atoms with Crippen LogP contribution in [0.15, 0.2) is 0 Å². The monoisotopic (exact) mass is 255 g/mol. The highest BCUT2D eigenvalue weighted by Gasteiger charge is 2.34. The van der Waals surface area contributed by atoms with E-state index in [1.165, 1.54) is 0 Å². The van der Waals surface area contributed by atoms with Gasteiger partial charge in [0.2, 0.25) is 10.0 Å². The van der Waals surface area contributed by atoms with E-state index in [9.17, 15) is 13.5 Å². The maximum absolute atomic E-state index is 11.2. The Morgan fingerprint density at radius 1 is 1.19 bits per heavy atom. The van der Waals surface area contributed by atoms with E-state index in [-0.39, 0.29) is 6.42 Å². The zero-order valence-electron chi connectivity index (χ0n) is 9.92. The quantitative estimate of drug-likeness (QED) is 0.586. The number of ether oxygens (including phenoxy) is 2. The summed E-state index contributed by atoms with van der Waals surface area (Å²) in [5, 5.41) is 13.8. The molecule has 6 nitrogen and oxygen atoms in total. The van der Waals surface area contributed by atoms with Crippen molar-refractivity contribution >= 4 is 10.0 Å². The molecule has 2 atom stereocenters. The lowest BCUT2D eigenvalue weighted by Gasteiger charge is -2.27. The van der Waals surface area contributed by atoms with Gasteiger partial charge in [0.25, 0.3) is 0 Å². The van der Waals surface area contributed by atoms with Crippen LogP contribution in [0.3, 0.4) is 0 Å². The lowest BCUT2D eigenvalue weighted by atomic mass is 10.2. The van der Waals surface area contributed by atoms with Crippen LogP contribution in [0, 0.1) is 0 Å². The number of hydrogen-bond acceptors (Lipinski definition) is 5. The number of sulfonamides is 1. The van der Waals surface area contributed by atoms with Gasteiger partial charge in [-0.1, -0.05) is 6.92 Å². The first kappa shape index (κ1) is 15.8. The summed E-state index contributed by atoms with van der Waals surface area (Å²) in [6.45, 7) is 5.74. The Balaban J connectivity index is 4.74. The highest BCUT2D eigenvalue weighted by Crippen LogP contribution is 2.14. The molecule has 7 heteroatoms. The summed E-state index contributed by atoms with van der Waals surface area (Å²) >= 11 is 0. The lowest BCUT2D eigenvalue weighted by molar-refractivity contribution is -0.189. The molecule has 0 amide bonds. The summed E-state index contributed by atoms with van der Waals surface area (Å²) in [5.74, 6) is 0. The van der Waals surface area contributed by atoms with E-state index in [4.69, 9.17) is 14.6 Å². The summed E-state index contributed by atoms with van der Waals surface area (Å²) in [6.07, 6.45) is -2.03. The maximum atomic E-state index is 11.2. The minimum absolute atomic E-state index is 0.205. The molecule has 0 radical (unpaired) electrons. The molecule has 0 aromatic carbocycles. The second-order valence-electron chi connectivity index (χ2n) is 3.31. The Kier molecular flexibility index (Phi) is 7.09. The van der Waals surface area contributed by atoms with Crippen molar-refractivity contribution in [3.63, 3.8) is 0 Å². The van der Waals surface area contributed by atoms with Crippen molar-refractivity contribution in [2.45, 2.75) is 44.8 Å². The van der Waals surface area contributed by atoms with E-state index in [0.717, 1.165) is 0 Å². The van der Waals surface area contributed by atoms with Crippen LogP contribution in [0.2, 0.25) is 0 Å². The molecule has 0 aliphatic heterocycles. The van der Waals surface area contributed by atoms with E-state index in [2.05, 4.69) is 0 Å². The van der Waals surface area contributed by atoms with Crippen molar-refractivity contribution in [1.29, 1.82) is 0 Å². The molecule has 2 unspecified atom stereocenters. The molecular formula is C9H21NO5S. The standard InChI is InChI=1S/C9H21NO5S/c1-4-7(16(10,12)13)8(11)9(14-5-2)15-6-3/h7-9,11H,4-6H2,1-3H3,(H2,10,12,13). The normalized spacial score (nSPS) is 16.4. The molecule has 0 bridgehead atoms. The molecule has 0 fully saturated rings. The molecule has 98 valence electrons. The Morgan fingerprint density at radius 3 is 1.88 bits per heavy atom. The average Bonchev–Trinajstić information content (AvgIpc) is 2.16. The van der Waals surface area contributed by atoms with Gasteiger partial charge < -0.3 is 14.6 Å². The molecule has 0 saturated carbocycles. The van der Waals surface area contributed by atoms with Crippen LogP contribution in [-0.4, -0.2) is 44.4 Å². The van der Waals surface area contributed by atoms with Gasteiger partial charge in [-0.25, -0.2) is 13.6 Å². The second kappa shape index (κ2) is 7.18. The number of primary sulfonamides is 1. The van der Waals surface area contributed by atoms with Crippen LogP contribution < -0.4 is 5.14 Å². The van der Waals surface area contributed by atoms with Gasteiger partial charge in [0.15, 0.2) is 6.29 Å². The number of hydrogen-bond donors (Lipinski definition) is 2. The minimum Gasteiger partial charge on any atom is -0.386 e. The number of nitrogens with two attached hydrogens (primary N) is 1. The molecule has 0 aromatic rings. The first-order valence-corrected chi connectivity index (χ1v) is 6.92. The van der Waals surface area contributed by atoms with Crippen molar-refractivity contribution in [1.82, 2.24) is 0 Å². The SMILES string of the molecule is CCOC(OCC)C(O)C(CC)S(N)(=O)=O. The largest absolute Gasteiger partial charge is 0.386 e. The number of aliphatic hydroxyl groups excluding tert-OH is 1. The number of rotatable bonds is 8. The van der Waals surface area contributed by atoms with Gasteiger partial charge >= 0.3 is 0 Å². The third-order valence-corrected chi connectivity index (χ3v) is 3.60. The zero-order chi connectivity index (χ0) is 12.8. The van der Waals surface area contributed by atoms with E-state index < -0.39 is 27.7 Å². The Labute approximate surface area is 96.8 Å². The number of aliphatic hydroxyl groups is 1. The summed E-state index contributed by atoms with van der Waals surface area (Å²) in [7, 11) is -3.81. The van der Waals surface area contributed by atoms with E-state index in [1.54, 1.807) is 20.8 Å². The van der Waals surface area contributed by atoms with Gasteiger partial charge in [-0.15, -0.1) is 0 Å². The van der Waals surface area contributed by atoms with Crippen LogP contribution in [0.1, 0.15) is 27.2 Å². The molecule has 16 heavy (non-hydrogen) atoms. The van der Waals surface area contributed by atoms with Crippen molar-refractivity contribution in [3.05, 3.63) is 0 Å². The van der Waals surface area contributed by atoms with Gasteiger partial charge in [0, 0.05) is 13.2 Å². The van der Waals surface area contributed by atoms with Crippen LogP contribution >= 0.6 is 0 Å². The van der Waals surface area contributed by atoms with Crippen LogP contribution in [0.5, 0.6) is 0 Å². The van der Waals surface area contributed by atoms with Gasteiger partial charge in [-0.3, -0.25) is 0 Å². The summed E-state index contributed by atoms with van der Waals surface area (Å²) in [6, 6.07) is 0. The summed E-state index contributed by atoms with van der Waals surface area (Å²) in [4.78, 5) is 0. The van der Waals surface area contributed by atoms with Crippen molar-refractivity contribution in [2.75, 3.05) is 13.2 Å². The van der Waals surface area contributed by atoms with Gasteiger partial charge in [-0.05, 0) is 20.3 Å². The predicted octanol–water partition coefficient (Wildman–Crippen LogP) is -0.186. The third-order valence-electron chi connectivity index (χ3n) is 2.15. The highest BCUT2D eigenvalue weighted by molar-refractivity contribution is 7.89. The Morgan fingerprint density at radius 2 is 1.62 bits per heavy atom. The fourth-order valence-corrected chi connectivity index (χ4v) is 2.40. The van der Waals surface area contributed by atoms with Crippen LogP contribution in [0.4, 0.5) is 0 Å². The van der Waals surface area contributed by atoms with E-state index in [1.807, 2.05) is 0 Å². The molecule has 0 heterocycles. The Hall–Kier alpha value is -0.210. The van der Waals surface area contributed by atoms with Gasteiger partial charge in [0.05, 0.1) is 0 Å². The van der Waals surface area contributed by atoms with Crippen molar-refractivity contribution in [2.24, 2.45) is 5.14 Å². The van der Waals surface area contributed by atoms with Crippen molar-refractivity contribution < 1.29 is 23.0 Å². The Bertz CT molecular complexity index is 274. The first-order chi connectivity index (χ1) is 7.38. The third kappa shape index (κ3) is 4.75. The molecular weight excluding hydrogens is 234 g/mol. The highest BCUT2D eigenvalue weighted by atomic mass is 32.2. The van der Waals surface area contributed by atoms with Crippen LogP contribution in [0.25, 0.3) is 0 Å². The molecule has 0 rings (SSSR count). The van der Waals surface area contributed by atoms with E-state index >= 15 is 0 Å². The predicted molar refractivity (Wildman–Crippen MR) is 60.2 cm³/mol. The van der Waals surface area contributed by atoms with Crippen molar-refractivity contribution in [3.8, 4) is 0 Å². The fourth-order valence-electron chi connectivity index (χ4n) is 1.42. The smallest absolute Gasteiger partial charge is 0.214 e. The maximum Gasteiger partial charge on any atom is 0.214 e. The molecule has 0 spiro atoms. The van der Waals surface area contributed by atoms with Gasteiger partial charge in [-0.2, -0.15) is 0 Å². The second-order valence-corrected chi connectivity index (χ2v) is 5.09. The lowest BCUT2D eigenvalue weighted by Crippen LogP contribution is -2.46. The van der Waals surface area contributed by atoms with E-state index in [0.29, 0.717) is 13.2 Å². The molecule has 3 N–H and O–H groups in total. The van der Waals surface area contributed by atoms with Gasteiger partial charge in [0.1, 0.15) is 11.4 Å². The minimum atomic E-state index is -3.81. The van der Waals surface area contributed by atoms with Crippen LogP contribution in [-0.2, 0) is 19.5 Å². The summed E-state index contributed by atoms with van der Waals surface area (Å²) in [5.41, 5.74) is 0. The molecule has 0 aliphatic rings. The first-order valence-electron chi connectivity index (χ1n) is 5.31. The molecule has 0 aromatic heterocycles. The zero-order valence-corrected chi connectivity index (χ0v) is 10.7. The molecule has 0 saturated heterocycles.